The van der Waals surface area contributed by atoms with Crippen LogP contribution in [0.1, 0.15) is 21.0 Å². The van der Waals surface area contributed by atoms with Gasteiger partial charge in [-0.05, 0) is 30.5 Å². The van der Waals surface area contributed by atoms with E-state index in [-0.39, 0.29) is 11.7 Å². The van der Waals surface area contributed by atoms with E-state index in [1.54, 1.807) is 23.5 Å². The third-order valence-electron chi connectivity index (χ3n) is 3.84. The minimum absolute atomic E-state index is 0.213. The number of benzene rings is 1. The lowest BCUT2D eigenvalue weighted by molar-refractivity contribution is 0.0920. The second-order valence-electron chi connectivity index (χ2n) is 5.75. The first-order chi connectivity index (χ1) is 12.7. The van der Waals surface area contributed by atoms with Crippen LogP contribution in [0, 0.1) is 6.92 Å². The molecule has 0 spiro atoms. The van der Waals surface area contributed by atoms with Crippen LogP contribution in [0.3, 0.4) is 0 Å². The standard InChI is InChI=1S/C19H16N4O2S/c1-13-6-8-14(9-7-13)17-21-19(20-12-15-4-3-11-26-15)23(22-17)18(24)16-5-2-10-25-16/h2-11H,12H2,1H3,(H,20,21,22). The van der Waals surface area contributed by atoms with E-state index in [1.165, 1.54) is 10.9 Å². The Bertz CT molecular complexity index is 1000. The molecule has 0 bridgehead atoms. The van der Waals surface area contributed by atoms with Gasteiger partial charge in [0.05, 0.1) is 12.8 Å². The lowest BCUT2D eigenvalue weighted by atomic mass is 10.1. The van der Waals surface area contributed by atoms with Gasteiger partial charge in [0.25, 0.3) is 0 Å². The number of nitrogens with zero attached hydrogens (tertiary/aromatic N) is 3. The number of thiophene rings is 1. The molecule has 0 saturated heterocycles. The van der Waals surface area contributed by atoms with Gasteiger partial charge in [0.15, 0.2) is 11.6 Å². The Morgan fingerprint density at radius 3 is 2.73 bits per heavy atom. The lowest BCUT2D eigenvalue weighted by Crippen LogP contribution is -2.16. The zero-order chi connectivity index (χ0) is 17.9. The van der Waals surface area contributed by atoms with Crippen molar-refractivity contribution in [3.05, 3.63) is 76.4 Å². The van der Waals surface area contributed by atoms with E-state index in [0.29, 0.717) is 18.3 Å². The SMILES string of the molecule is Cc1ccc(-c2nc(NCc3cccs3)n(C(=O)c3ccco3)n2)cc1. The van der Waals surface area contributed by atoms with Gasteiger partial charge in [-0.25, -0.2) is 0 Å². The highest BCUT2D eigenvalue weighted by Gasteiger charge is 2.20. The molecular formula is C19H16N4O2S. The number of hydrogen-bond donors (Lipinski definition) is 1. The van der Waals surface area contributed by atoms with Gasteiger partial charge in [-0.1, -0.05) is 35.9 Å². The highest BCUT2D eigenvalue weighted by atomic mass is 32.1. The Kier molecular flexibility index (Phi) is 4.37. The van der Waals surface area contributed by atoms with Crippen LogP contribution in [-0.4, -0.2) is 20.7 Å². The van der Waals surface area contributed by atoms with Gasteiger partial charge in [0.2, 0.25) is 5.95 Å². The van der Waals surface area contributed by atoms with Crippen LogP contribution < -0.4 is 5.32 Å². The summed E-state index contributed by atoms with van der Waals surface area (Å²) in [6, 6.07) is 15.1. The number of anilines is 1. The summed E-state index contributed by atoms with van der Waals surface area (Å²) in [4.78, 5) is 18.4. The number of aromatic nitrogens is 3. The maximum atomic E-state index is 12.7. The molecule has 0 aliphatic rings. The average Bonchev–Trinajstić information content (AvgIpc) is 3.41. The van der Waals surface area contributed by atoms with Gasteiger partial charge < -0.3 is 9.73 Å². The molecule has 0 saturated carbocycles. The number of furan rings is 1. The molecule has 26 heavy (non-hydrogen) atoms. The van der Waals surface area contributed by atoms with Crippen LogP contribution in [0.15, 0.2) is 64.6 Å². The van der Waals surface area contributed by atoms with Crippen molar-refractivity contribution in [3.8, 4) is 11.4 Å². The Morgan fingerprint density at radius 2 is 2.04 bits per heavy atom. The number of nitrogens with one attached hydrogen (secondary N) is 1. The summed E-state index contributed by atoms with van der Waals surface area (Å²) in [6.45, 7) is 2.58. The highest BCUT2D eigenvalue weighted by molar-refractivity contribution is 7.09. The third kappa shape index (κ3) is 3.29. The number of carbonyl (C=O) groups excluding carboxylic acids is 1. The first-order valence-electron chi connectivity index (χ1n) is 8.09. The first kappa shape index (κ1) is 16.3. The van der Waals surface area contributed by atoms with Crippen molar-refractivity contribution >= 4 is 23.2 Å². The fraction of sp³-hybridized carbons (Fsp3) is 0.105. The maximum absolute atomic E-state index is 12.7. The fourth-order valence-corrected chi connectivity index (χ4v) is 3.12. The van der Waals surface area contributed by atoms with E-state index >= 15 is 0 Å². The molecule has 3 heterocycles. The predicted molar refractivity (Wildman–Crippen MR) is 100 cm³/mol. The fourth-order valence-electron chi connectivity index (χ4n) is 2.48. The smallest absolute Gasteiger partial charge is 0.317 e. The molecule has 4 aromatic rings. The van der Waals surface area contributed by atoms with Crippen LogP contribution in [-0.2, 0) is 6.54 Å². The normalized spacial score (nSPS) is 10.8. The molecule has 130 valence electrons. The van der Waals surface area contributed by atoms with Crippen LogP contribution in [0.25, 0.3) is 11.4 Å². The Labute approximate surface area is 154 Å². The molecule has 0 unspecified atom stereocenters. The van der Waals surface area contributed by atoms with Crippen LogP contribution in [0.4, 0.5) is 5.95 Å². The van der Waals surface area contributed by atoms with Gasteiger partial charge in [-0.2, -0.15) is 9.67 Å². The quantitative estimate of drug-likeness (QED) is 0.574. The zero-order valence-corrected chi connectivity index (χ0v) is 14.9. The van der Waals surface area contributed by atoms with Gasteiger partial charge in [0.1, 0.15) is 0 Å². The molecule has 0 atom stereocenters. The highest BCUT2D eigenvalue weighted by Crippen LogP contribution is 2.20. The Morgan fingerprint density at radius 1 is 1.19 bits per heavy atom. The summed E-state index contributed by atoms with van der Waals surface area (Å²) in [5, 5.41) is 9.61. The van der Waals surface area contributed by atoms with Gasteiger partial charge >= 0.3 is 5.91 Å². The monoisotopic (exact) mass is 364 g/mol. The van der Waals surface area contributed by atoms with E-state index in [9.17, 15) is 4.79 Å². The largest absolute Gasteiger partial charge is 0.459 e. The molecule has 7 heteroatoms. The van der Waals surface area contributed by atoms with E-state index in [1.807, 2.05) is 48.7 Å². The molecule has 1 aromatic carbocycles. The topological polar surface area (TPSA) is 73.0 Å². The van der Waals surface area contributed by atoms with Crippen molar-refractivity contribution in [1.29, 1.82) is 0 Å². The third-order valence-corrected chi connectivity index (χ3v) is 4.72. The maximum Gasteiger partial charge on any atom is 0.317 e. The second-order valence-corrected chi connectivity index (χ2v) is 6.78. The number of aryl methyl sites for hydroxylation is 1. The molecule has 4 rings (SSSR count). The molecular weight excluding hydrogens is 348 g/mol. The lowest BCUT2D eigenvalue weighted by Gasteiger charge is -2.04. The van der Waals surface area contributed by atoms with Crippen LogP contribution >= 0.6 is 11.3 Å². The molecule has 1 N–H and O–H groups in total. The Balaban J connectivity index is 1.69. The zero-order valence-electron chi connectivity index (χ0n) is 14.0. The van der Waals surface area contributed by atoms with Gasteiger partial charge in [0, 0.05) is 10.4 Å². The van der Waals surface area contributed by atoms with E-state index in [2.05, 4.69) is 15.4 Å². The summed E-state index contributed by atoms with van der Waals surface area (Å²) in [6.07, 6.45) is 1.46. The second kappa shape index (κ2) is 6.97. The summed E-state index contributed by atoms with van der Waals surface area (Å²) in [7, 11) is 0. The summed E-state index contributed by atoms with van der Waals surface area (Å²) in [5.41, 5.74) is 2.00. The molecule has 0 fully saturated rings. The molecule has 6 nitrogen and oxygen atoms in total. The number of hydrogen-bond acceptors (Lipinski definition) is 6. The van der Waals surface area contributed by atoms with Crippen molar-refractivity contribution < 1.29 is 9.21 Å². The van der Waals surface area contributed by atoms with E-state index < -0.39 is 0 Å². The van der Waals surface area contributed by atoms with Crippen LogP contribution in [0.2, 0.25) is 0 Å². The molecule has 0 radical (unpaired) electrons. The van der Waals surface area contributed by atoms with E-state index in [0.717, 1.165) is 16.0 Å². The molecule has 0 aliphatic carbocycles. The van der Waals surface area contributed by atoms with Crippen molar-refractivity contribution in [2.45, 2.75) is 13.5 Å². The minimum atomic E-state index is -0.366. The van der Waals surface area contributed by atoms with Crippen molar-refractivity contribution in [3.63, 3.8) is 0 Å². The molecule has 0 aliphatic heterocycles. The van der Waals surface area contributed by atoms with Crippen molar-refractivity contribution in [2.24, 2.45) is 0 Å². The number of rotatable bonds is 5. The molecule has 0 amide bonds. The van der Waals surface area contributed by atoms with Gasteiger partial charge in [-0.15, -0.1) is 16.4 Å². The predicted octanol–water partition coefficient (Wildman–Crippen LogP) is 4.21. The Hall–Kier alpha value is -3.19. The average molecular weight is 364 g/mol. The number of carbonyl (C=O) groups is 1. The summed E-state index contributed by atoms with van der Waals surface area (Å²) in [5.74, 6) is 0.716. The molecule has 3 aromatic heterocycles. The van der Waals surface area contributed by atoms with Gasteiger partial charge in [-0.3, -0.25) is 4.79 Å². The summed E-state index contributed by atoms with van der Waals surface area (Å²) >= 11 is 1.64. The van der Waals surface area contributed by atoms with E-state index in [4.69, 9.17) is 4.42 Å². The summed E-state index contributed by atoms with van der Waals surface area (Å²) < 4.78 is 6.47. The first-order valence-corrected chi connectivity index (χ1v) is 8.97. The van der Waals surface area contributed by atoms with Crippen molar-refractivity contribution in [1.82, 2.24) is 14.8 Å². The van der Waals surface area contributed by atoms with Crippen LogP contribution in [0.5, 0.6) is 0 Å². The minimum Gasteiger partial charge on any atom is -0.459 e. The van der Waals surface area contributed by atoms with Crippen molar-refractivity contribution in [2.75, 3.05) is 5.32 Å².